The maximum Gasteiger partial charge on any atom is 0.224 e. The Morgan fingerprint density at radius 1 is 1.07 bits per heavy atom. The lowest BCUT2D eigenvalue weighted by molar-refractivity contribution is -0.116. The molecule has 28 heavy (non-hydrogen) atoms. The highest BCUT2D eigenvalue weighted by Crippen LogP contribution is 2.24. The predicted molar refractivity (Wildman–Crippen MR) is 109 cm³/mol. The van der Waals surface area contributed by atoms with Crippen LogP contribution < -0.4 is 10.6 Å². The number of rotatable bonds is 6. The van der Waals surface area contributed by atoms with Gasteiger partial charge in [0.2, 0.25) is 11.8 Å². The SMILES string of the molecule is CC(=O)Nc1cccc(NC(=O)CCc2ncc(-c3ccc(Cl)cc3)o2)c1C. The molecule has 0 saturated heterocycles. The van der Waals surface area contributed by atoms with Crippen molar-refractivity contribution in [1.82, 2.24) is 4.98 Å². The number of hydrogen-bond acceptors (Lipinski definition) is 4. The number of anilines is 2. The molecule has 1 heterocycles. The number of halogens is 1. The molecule has 0 radical (unpaired) electrons. The summed E-state index contributed by atoms with van der Waals surface area (Å²) >= 11 is 5.89. The molecule has 2 N–H and O–H groups in total. The number of aromatic nitrogens is 1. The second-order valence-electron chi connectivity index (χ2n) is 6.33. The monoisotopic (exact) mass is 397 g/mol. The van der Waals surface area contributed by atoms with Gasteiger partial charge in [-0.2, -0.15) is 0 Å². The number of amides is 2. The number of carbonyl (C=O) groups excluding carboxylic acids is 2. The molecule has 2 aromatic carbocycles. The Bertz CT molecular complexity index is 996. The Kier molecular flexibility index (Phi) is 6.11. The number of nitrogens with zero attached hydrogens (tertiary/aromatic N) is 1. The first-order valence-corrected chi connectivity index (χ1v) is 9.18. The lowest BCUT2D eigenvalue weighted by Gasteiger charge is -2.12. The van der Waals surface area contributed by atoms with Crippen LogP contribution in [0.2, 0.25) is 5.02 Å². The second-order valence-corrected chi connectivity index (χ2v) is 6.77. The van der Waals surface area contributed by atoms with Crippen LogP contribution in [0.15, 0.2) is 53.1 Å². The molecule has 0 saturated carbocycles. The van der Waals surface area contributed by atoms with Gasteiger partial charge in [0.25, 0.3) is 0 Å². The van der Waals surface area contributed by atoms with Gasteiger partial charge in [-0.05, 0) is 48.9 Å². The fraction of sp³-hybridized carbons (Fsp3) is 0.190. The van der Waals surface area contributed by atoms with Crippen LogP contribution in [0.25, 0.3) is 11.3 Å². The second kappa shape index (κ2) is 8.71. The normalized spacial score (nSPS) is 10.5. The van der Waals surface area contributed by atoms with Gasteiger partial charge in [-0.3, -0.25) is 9.59 Å². The zero-order chi connectivity index (χ0) is 20.1. The van der Waals surface area contributed by atoms with E-state index in [9.17, 15) is 9.59 Å². The molecule has 6 nitrogen and oxygen atoms in total. The quantitative estimate of drug-likeness (QED) is 0.623. The summed E-state index contributed by atoms with van der Waals surface area (Å²) in [6.07, 6.45) is 2.24. The fourth-order valence-corrected chi connectivity index (χ4v) is 2.83. The van der Waals surface area contributed by atoms with Crippen molar-refractivity contribution in [2.45, 2.75) is 26.7 Å². The predicted octanol–water partition coefficient (Wildman–Crippen LogP) is 4.83. The zero-order valence-electron chi connectivity index (χ0n) is 15.6. The van der Waals surface area contributed by atoms with Crippen molar-refractivity contribution in [2.24, 2.45) is 0 Å². The summed E-state index contributed by atoms with van der Waals surface area (Å²) in [4.78, 5) is 27.8. The molecule has 0 spiro atoms. The van der Waals surface area contributed by atoms with Crippen molar-refractivity contribution in [3.63, 3.8) is 0 Å². The first-order chi connectivity index (χ1) is 13.4. The van der Waals surface area contributed by atoms with Crippen molar-refractivity contribution in [2.75, 3.05) is 10.6 Å². The Balaban J connectivity index is 1.59. The van der Waals surface area contributed by atoms with Crippen molar-refractivity contribution < 1.29 is 14.0 Å². The molecule has 0 aliphatic carbocycles. The molecular weight excluding hydrogens is 378 g/mol. The summed E-state index contributed by atoms with van der Waals surface area (Å²) in [5.41, 5.74) is 3.00. The minimum atomic E-state index is -0.160. The number of aryl methyl sites for hydroxylation is 1. The highest BCUT2D eigenvalue weighted by Gasteiger charge is 2.11. The lowest BCUT2D eigenvalue weighted by atomic mass is 10.1. The summed E-state index contributed by atoms with van der Waals surface area (Å²) in [6.45, 7) is 3.28. The van der Waals surface area contributed by atoms with E-state index in [1.807, 2.05) is 19.1 Å². The van der Waals surface area contributed by atoms with Crippen LogP contribution in [-0.4, -0.2) is 16.8 Å². The van der Waals surface area contributed by atoms with Crippen LogP contribution in [0.1, 0.15) is 24.8 Å². The minimum absolute atomic E-state index is 0.158. The number of nitrogens with one attached hydrogen (secondary N) is 2. The topological polar surface area (TPSA) is 84.2 Å². The maximum absolute atomic E-state index is 12.3. The molecule has 0 atom stereocenters. The van der Waals surface area contributed by atoms with Gasteiger partial charge in [0, 0.05) is 41.7 Å². The third-order valence-corrected chi connectivity index (χ3v) is 4.42. The fourth-order valence-electron chi connectivity index (χ4n) is 2.70. The summed E-state index contributed by atoms with van der Waals surface area (Å²) in [5.74, 6) is 0.802. The van der Waals surface area contributed by atoms with Crippen LogP contribution in [0, 0.1) is 6.92 Å². The molecular formula is C21H20ClN3O3. The van der Waals surface area contributed by atoms with Crippen LogP contribution in [0.4, 0.5) is 11.4 Å². The lowest BCUT2D eigenvalue weighted by Crippen LogP contribution is -2.14. The van der Waals surface area contributed by atoms with E-state index in [4.69, 9.17) is 16.0 Å². The maximum atomic E-state index is 12.3. The minimum Gasteiger partial charge on any atom is -0.441 e. The Morgan fingerprint density at radius 3 is 2.43 bits per heavy atom. The highest BCUT2D eigenvalue weighted by molar-refractivity contribution is 6.30. The van der Waals surface area contributed by atoms with Gasteiger partial charge in [0.15, 0.2) is 11.7 Å². The smallest absolute Gasteiger partial charge is 0.224 e. The van der Waals surface area contributed by atoms with Crippen molar-refractivity contribution in [3.05, 3.63) is 65.1 Å². The van der Waals surface area contributed by atoms with E-state index in [0.717, 1.165) is 11.1 Å². The summed E-state index contributed by atoms with van der Waals surface area (Å²) in [5, 5.41) is 6.26. The number of hydrogen-bond donors (Lipinski definition) is 2. The van der Waals surface area contributed by atoms with Gasteiger partial charge >= 0.3 is 0 Å². The molecule has 144 valence electrons. The van der Waals surface area contributed by atoms with Crippen LogP contribution in [-0.2, 0) is 16.0 Å². The molecule has 0 aliphatic rings. The van der Waals surface area contributed by atoms with Gasteiger partial charge in [-0.1, -0.05) is 17.7 Å². The summed E-state index contributed by atoms with van der Waals surface area (Å²) < 4.78 is 5.72. The van der Waals surface area contributed by atoms with Crippen molar-refractivity contribution >= 4 is 34.8 Å². The summed E-state index contributed by atoms with van der Waals surface area (Å²) in [7, 11) is 0. The van der Waals surface area contributed by atoms with E-state index in [1.165, 1.54) is 6.92 Å². The first-order valence-electron chi connectivity index (χ1n) is 8.80. The standard InChI is InChI=1S/C21H20ClN3O3/c1-13-17(24-14(2)26)4-3-5-18(13)25-20(27)10-11-21-23-12-19(28-21)15-6-8-16(22)9-7-15/h3-9,12H,10-11H2,1-2H3,(H,24,26)(H,25,27). The molecule has 0 fully saturated rings. The average molecular weight is 398 g/mol. The number of oxazole rings is 1. The molecule has 0 aliphatic heterocycles. The van der Waals surface area contributed by atoms with Crippen LogP contribution in [0.5, 0.6) is 0 Å². The van der Waals surface area contributed by atoms with Gasteiger partial charge in [0.1, 0.15) is 0 Å². The van der Waals surface area contributed by atoms with E-state index in [2.05, 4.69) is 15.6 Å². The number of benzene rings is 2. The van der Waals surface area contributed by atoms with Gasteiger partial charge in [-0.25, -0.2) is 4.98 Å². The third-order valence-electron chi connectivity index (χ3n) is 4.17. The van der Waals surface area contributed by atoms with Gasteiger partial charge < -0.3 is 15.1 Å². The molecule has 2 amide bonds. The van der Waals surface area contributed by atoms with E-state index >= 15 is 0 Å². The van der Waals surface area contributed by atoms with E-state index in [-0.39, 0.29) is 18.2 Å². The average Bonchev–Trinajstić information content (AvgIpc) is 3.13. The van der Waals surface area contributed by atoms with Crippen LogP contribution >= 0.6 is 11.6 Å². The Morgan fingerprint density at radius 2 is 1.75 bits per heavy atom. The van der Waals surface area contributed by atoms with Crippen molar-refractivity contribution in [3.8, 4) is 11.3 Å². The van der Waals surface area contributed by atoms with E-state index < -0.39 is 0 Å². The van der Waals surface area contributed by atoms with Gasteiger partial charge in [0.05, 0.1) is 6.20 Å². The van der Waals surface area contributed by atoms with Crippen molar-refractivity contribution in [1.29, 1.82) is 0 Å². The molecule has 1 aromatic heterocycles. The molecule has 0 unspecified atom stereocenters. The largest absolute Gasteiger partial charge is 0.441 e. The summed E-state index contributed by atoms with van der Waals surface area (Å²) in [6, 6.07) is 12.6. The van der Waals surface area contributed by atoms with E-state index in [0.29, 0.717) is 34.5 Å². The Labute approximate surface area is 167 Å². The molecule has 0 bridgehead atoms. The van der Waals surface area contributed by atoms with E-state index in [1.54, 1.807) is 36.5 Å². The zero-order valence-corrected chi connectivity index (χ0v) is 16.3. The molecule has 3 aromatic rings. The highest BCUT2D eigenvalue weighted by atomic mass is 35.5. The molecule has 7 heteroatoms. The third kappa shape index (κ3) is 4.98. The first kappa shape index (κ1) is 19.6. The number of carbonyl (C=O) groups is 2. The van der Waals surface area contributed by atoms with Gasteiger partial charge in [-0.15, -0.1) is 0 Å². The Hall–Kier alpha value is -3.12. The molecule has 3 rings (SSSR count). The van der Waals surface area contributed by atoms with Crippen LogP contribution in [0.3, 0.4) is 0 Å².